The third-order valence-corrected chi connectivity index (χ3v) is 3.58. The van der Waals surface area contributed by atoms with Crippen molar-refractivity contribution in [2.45, 2.75) is 47.0 Å². The van der Waals surface area contributed by atoms with Gasteiger partial charge in [-0.25, -0.2) is 4.79 Å². The molecule has 1 aliphatic rings. The number of fused-ring (bicyclic) bond motifs is 1. The molecule has 18 heavy (non-hydrogen) atoms. The number of nitrogens with zero attached hydrogens (tertiary/aromatic N) is 1. The molecule has 3 heteroatoms. The Labute approximate surface area is 109 Å². The average Bonchev–Trinajstić information content (AvgIpc) is 2.28. The van der Waals surface area contributed by atoms with Crippen molar-refractivity contribution >= 4 is 5.97 Å². The number of hydrogen-bond donors (Lipinski definition) is 0. The second kappa shape index (κ2) is 4.71. The number of ether oxygens (including phenoxy) is 1. The van der Waals surface area contributed by atoms with Crippen LogP contribution in [-0.2, 0) is 17.6 Å². The lowest BCUT2D eigenvalue weighted by Gasteiger charge is -2.31. The molecular weight excluding hydrogens is 226 g/mol. The summed E-state index contributed by atoms with van der Waals surface area (Å²) in [7, 11) is 0. The minimum absolute atomic E-state index is 0.256. The summed E-state index contributed by atoms with van der Waals surface area (Å²) in [6, 6.07) is 1.98. The molecular formula is C15H21NO2. The molecule has 1 heterocycles. The van der Waals surface area contributed by atoms with Gasteiger partial charge in [0.2, 0.25) is 0 Å². The quantitative estimate of drug-likeness (QED) is 0.754. The van der Waals surface area contributed by atoms with Crippen molar-refractivity contribution in [3.8, 4) is 0 Å². The maximum atomic E-state index is 11.9. The van der Waals surface area contributed by atoms with Gasteiger partial charge >= 0.3 is 5.97 Å². The zero-order valence-corrected chi connectivity index (χ0v) is 11.7. The largest absolute Gasteiger partial charge is 0.462 e. The van der Waals surface area contributed by atoms with Crippen LogP contribution in [-0.4, -0.2) is 17.6 Å². The first-order valence-electron chi connectivity index (χ1n) is 6.59. The third kappa shape index (κ3) is 2.55. The highest BCUT2D eigenvalue weighted by molar-refractivity contribution is 5.90. The number of esters is 1. The van der Waals surface area contributed by atoms with Gasteiger partial charge in [-0.1, -0.05) is 13.8 Å². The Morgan fingerprint density at radius 3 is 2.89 bits per heavy atom. The third-order valence-electron chi connectivity index (χ3n) is 3.58. The fraction of sp³-hybridized carbons (Fsp3) is 0.600. The summed E-state index contributed by atoms with van der Waals surface area (Å²) in [5.41, 5.74) is 4.07. The van der Waals surface area contributed by atoms with Crippen molar-refractivity contribution in [2.24, 2.45) is 5.41 Å². The van der Waals surface area contributed by atoms with Gasteiger partial charge in [0.15, 0.2) is 0 Å². The first-order chi connectivity index (χ1) is 8.43. The van der Waals surface area contributed by atoms with Gasteiger partial charge in [0, 0.05) is 5.69 Å². The molecule has 0 N–H and O–H groups in total. The molecule has 2 rings (SSSR count). The predicted molar refractivity (Wildman–Crippen MR) is 70.7 cm³/mol. The lowest BCUT2D eigenvalue weighted by molar-refractivity contribution is 0.0524. The zero-order valence-electron chi connectivity index (χ0n) is 11.7. The van der Waals surface area contributed by atoms with E-state index in [1.54, 1.807) is 0 Å². The zero-order chi connectivity index (χ0) is 13.3. The highest BCUT2D eigenvalue weighted by atomic mass is 16.5. The number of carbonyl (C=O) groups is 1. The lowest BCUT2D eigenvalue weighted by atomic mass is 9.75. The summed E-state index contributed by atoms with van der Waals surface area (Å²) in [4.78, 5) is 16.4. The standard InChI is InChI=1S/C15H21NO2/c1-5-18-14(17)12-8-11-9-15(3,4)7-6-13(11)16-10(12)2/h8H,5-7,9H2,1-4H3. The second-order valence-electron chi connectivity index (χ2n) is 5.79. The van der Waals surface area contributed by atoms with Gasteiger partial charge in [-0.2, -0.15) is 0 Å². The fourth-order valence-corrected chi connectivity index (χ4v) is 2.54. The van der Waals surface area contributed by atoms with Crippen LogP contribution in [0.25, 0.3) is 0 Å². The summed E-state index contributed by atoms with van der Waals surface area (Å²) in [5.74, 6) is -0.256. The highest BCUT2D eigenvalue weighted by Crippen LogP contribution is 2.34. The van der Waals surface area contributed by atoms with Crippen LogP contribution in [0.1, 0.15) is 54.5 Å². The molecule has 0 radical (unpaired) electrons. The summed E-state index contributed by atoms with van der Waals surface area (Å²) < 4.78 is 5.07. The van der Waals surface area contributed by atoms with Gasteiger partial charge < -0.3 is 4.74 Å². The SMILES string of the molecule is CCOC(=O)c1cc2c(nc1C)CCC(C)(C)C2. The number of aromatic nitrogens is 1. The molecule has 1 aliphatic carbocycles. The minimum Gasteiger partial charge on any atom is -0.462 e. The summed E-state index contributed by atoms with van der Waals surface area (Å²) in [5, 5.41) is 0. The fourth-order valence-electron chi connectivity index (χ4n) is 2.54. The van der Waals surface area contributed by atoms with E-state index in [1.807, 2.05) is 19.9 Å². The van der Waals surface area contributed by atoms with E-state index in [9.17, 15) is 4.79 Å². The van der Waals surface area contributed by atoms with Crippen molar-refractivity contribution in [1.29, 1.82) is 0 Å². The molecule has 3 nitrogen and oxygen atoms in total. The molecule has 0 bridgehead atoms. The lowest BCUT2D eigenvalue weighted by Crippen LogP contribution is -2.24. The van der Waals surface area contributed by atoms with E-state index in [1.165, 1.54) is 5.56 Å². The Hall–Kier alpha value is -1.38. The molecule has 0 spiro atoms. The molecule has 0 saturated heterocycles. The Balaban J connectivity index is 2.37. The molecule has 0 fully saturated rings. The van der Waals surface area contributed by atoms with Gasteiger partial charge in [0.05, 0.1) is 17.9 Å². The van der Waals surface area contributed by atoms with Crippen molar-refractivity contribution in [2.75, 3.05) is 6.61 Å². The number of carbonyl (C=O) groups excluding carboxylic acids is 1. The van der Waals surface area contributed by atoms with E-state index in [4.69, 9.17) is 4.74 Å². The number of hydrogen-bond acceptors (Lipinski definition) is 3. The van der Waals surface area contributed by atoms with Crippen LogP contribution in [0, 0.1) is 12.3 Å². The molecule has 0 atom stereocenters. The van der Waals surface area contributed by atoms with E-state index >= 15 is 0 Å². The van der Waals surface area contributed by atoms with Crippen LogP contribution < -0.4 is 0 Å². The highest BCUT2D eigenvalue weighted by Gasteiger charge is 2.27. The van der Waals surface area contributed by atoms with Gasteiger partial charge in [-0.15, -0.1) is 0 Å². The average molecular weight is 247 g/mol. The van der Waals surface area contributed by atoms with Gasteiger partial charge in [0.1, 0.15) is 0 Å². The number of pyridine rings is 1. The van der Waals surface area contributed by atoms with E-state index in [-0.39, 0.29) is 5.97 Å². The summed E-state index contributed by atoms with van der Waals surface area (Å²) in [6.45, 7) is 8.63. The molecule has 0 aromatic carbocycles. The Morgan fingerprint density at radius 2 is 2.22 bits per heavy atom. The number of aryl methyl sites for hydroxylation is 2. The van der Waals surface area contributed by atoms with Crippen molar-refractivity contribution in [3.63, 3.8) is 0 Å². The molecule has 98 valence electrons. The summed E-state index contributed by atoms with van der Waals surface area (Å²) >= 11 is 0. The van der Waals surface area contributed by atoms with E-state index in [2.05, 4.69) is 18.8 Å². The monoisotopic (exact) mass is 247 g/mol. The van der Waals surface area contributed by atoms with Crippen LogP contribution in [0.5, 0.6) is 0 Å². The molecule has 0 saturated carbocycles. The van der Waals surface area contributed by atoms with Gasteiger partial charge in [-0.3, -0.25) is 4.98 Å². The predicted octanol–water partition coefficient (Wildman–Crippen LogP) is 3.08. The summed E-state index contributed by atoms with van der Waals surface area (Å²) in [6.07, 6.45) is 3.15. The van der Waals surface area contributed by atoms with Crippen molar-refractivity contribution in [1.82, 2.24) is 4.98 Å². The minimum atomic E-state index is -0.256. The van der Waals surface area contributed by atoms with E-state index in [0.29, 0.717) is 17.6 Å². The Morgan fingerprint density at radius 1 is 1.50 bits per heavy atom. The van der Waals surface area contributed by atoms with E-state index < -0.39 is 0 Å². The van der Waals surface area contributed by atoms with E-state index in [0.717, 1.165) is 30.7 Å². The molecule has 0 aliphatic heterocycles. The first kappa shape index (κ1) is 13.1. The second-order valence-corrected chi connectivity index (χ2v) is 5.79. The Bertz CT molecular complexity index is 478. The number of rotatable bonds is 2. The van der Waals surface area contributed by atoms with Crippen molar-refractivity contribution < 1.29 is 9.53 Å². The van der Waals surface area contributed by atoms with Gasteiger partial charge in [-0.05, 0) is 50.2 Å². The maximum absolute atomic E-state index is 11.9. The normalized spacial score (nSPS) is 17.1. The van der Waals surface area contributed by atoms with Crippen LogP contribution in [0.15, 0.2) is 6.07 Å². The van der Waals surface area contributed by atoms with Crippen molar-refractivity contribution in [3.05, 3.63) is 28.6 Å². The van der Waals surface area contributed by atoms with Crippen LogP contribution >= 0.6 is 0 Å². The first-order valence-corrected chi connectivity index (χ1v) is 6.59. The van der Waals surface area contributed by atoms with Crippen LogP contribution in [0.3, 0.4) is 0 Å². The van der Waals surface area contributed by atoms with Crippen LogP contribution in [0.2, 0.25) is 0 Å². The Kier molecular flexibility index (Phi) is 3.42. The van der Waals surface area contributed by atoms with Gasteiger partial charge in [0.25, 0.3) is 0 Å². The smallest absolute Gasteiger partial charge is 0.339 e. The molecule has 1 aromatic rings. The molecule has 1 aromatic heterocycles. The molecule has 0 unspecified atom stereocenters. The topological polar surface area (TPSA) is 39.2 Å². The molecule has 0 amide bonds. The maximum Gasteiger partial charge on any atom is 0.339 e. The van der Waals surface area contributed by atoms with Crippen LogP contribution in [0.4, 0.5) is 0 Å².